The van der Waals surface area contributed by atoms with Crippen LogP contribution in [0.4, 0.5) is 13.2 Å². The minimum Gasteiger partial charge on any atom is -0.356 e. The molecule has 0 aliphatic heterocycles. The molecule has 0 spiro atoms. The molecule has 0 atom stereocenters. The highest BCUT2D eigenvalue weighted by Gasteiger charge is 2.26. The van der Waals surface area contributed by atoms with E-state index < -0.39 is 12.6 Å². The first kappa shape index (κ1) is 16.7. The predicted octanol–water partition coefficient (Wildman–Crippen LogP) is 2.88. The van der Waals surface area contributed by atoms with Crippen LogP contribution in [0.3, 0.4) is 0 Å². The molecule has 20 heavy (non-hydrogen) atoms. The standard InChI is InChI=1S/C12H19F3N4S/c1-8(2)10-19-9(7-20-10)6-18-11(16-3)17-5-4-12(13,14)15/h7-8H,4-6H2,1-3H3,(H2,16,17,18). The van der Waals surface area contributed by atoms with Crippen LogP contribution in [0.2, 0.25) is 0 Å². The van der Waals surface area contributed by atoms with E-state index in [9.17, 15) is 13.2 Å². The molecule has 4 nitrogen and oxygen atoms in total. The van der Waals surface area contributed by atoms with Gasteiger partial charge in [-0.2, -0.15) is 13.2 Å². The van der Waals surface area contributed by atoms with Crippen molar-refractivity contribution in [3.8, 4) is 0 Å². The molecule has 8 heteroatoms. The summed E-state index contributed by atoms with van der Waals surface area (Å²) in [6.45, 7) is 4.37. The van der Waals surface area contributed by atoms with Crippen molar-refractivity contribution in [2.75, 3.05) is 13.6 Å². The van der Waals surface area contributed by atoms with E-state index in [0.717, 1.165) is 10.7 Å². The lowest BCUT2D eigenvalue weighted by molar-refractivity contribution is -0.132. The molecule has 0 radical (unpaired) electrons. The van der Waals surface area contributed by atoms with Crippen LogP contribution in [0.25, 0.3) is 0 Å². The number of nitrogens with one attached hydrogen (secondary N) is 2. The number of hydrogen-bond acceptors (Lipinski definition) is 3. The monoisotopic (exact) mass is 308 g/mol. The summed E-state index contributed by atoms with van der Waals surface area (Å²) in [4.78, 5) is 8.30. The van der Waals surface area contributed by atoms with E-state index in [4.69, 9.17) is 0 Å². The smallest absolute Gasteiger partial charge is 0.356 e. The van der Waals surface area contributed by atoms with Gasteiger partial charge in [0.15, 0.2) is 5.96 Å². The van der Waals surface area contributed by atoms with Crippen molar-refractivity contribution >= 4 is 17.3 Å². The quantitative estimate of drug-likeness (QED) is 0.649. The fourth-order valence-corrected chi connectivity index (χ4v) is 2.22. The fraction of sp³-hybridized carbons (Fsp3) is 0.667. The zero-order valence-corrected chi connectivity index (χ0v) is 12.5. The van der Waals surface area contributed by atoms with Crippen molar-refractivity contribution < 1.29 is 13.2 Å². The number of guanidine groups is 1. The second-order valence-corrected chi connectivity index (χ2v) is 5.44. The van der Waals surface area contributed by atoms with Crippen molar-refractivity contribution in [2.24, 2.45) is 4.99 Å². The van der Waals surface area contributed by atoms with Gasteiger partial charge in [0.1, 0.15) is 0 Å². The minimum absolute atomic E-state index is 0.197. The molecule has 114 valence electrons. The van der Waals surface area contributed by atoms with E-state index in [1.807, 2.05) is 5.38 Å². The second kappa shape index (κ2) is 7.47. The topological polar surface area (TPSA) is 49.3 Å². The molecule has 1 heterocycles. The van der Waals surface area contributed by atoms with Gasteiger partial charge < -0.3 is 10.6 Å². The molecule has 1 aromatic rings. The van der Waals surface area contributed by atoms with Gasteiger partial charge in [-0.15, -0.1) is 11.3 Å². The van der Waals surface area contributed by atoms with Crippen LogP contribution in [0.5, 0.6) is 0 Å². The number of alkyl halides is 3. The summed E-state index contributed by atoms with van der Waals surface area (Å²) >= 11 is 1.58. The summed E-state index contributed by atoms with van der Waals surface area (Å²) < 4.78 is 36.1. The van der Waals surface area contributed by atoms with Crippen LogP contribution in [-0.4, -0.2) is 30.7 Å². The van der Waals surface area contributed by atoms with Crippen LogP contribution in [0.1, 0.15) is 36.9 Å². The maximum Gasteiger partial charge on any atom is 0.390 e. The largest absolute Gasteiger partial charge is 0.390 e. The molecule has 0 amide bonds. The number of aliphatic imine (C=N–C) groups is 1. The van der Waals surface area contributed by atoms with E-state index in [1.54, 1.807) is 11.3 Å². The summed E-state index contributed by atoms with van der Waals surface area (Å²) in [5, 5.41) is 8.54. The van der Waals surface area contributed by atoms with Crippen LogP contribution in [0.15, 0.2) is 10.4 Å². The number of thiazole rings is 1. The van der Waals surface area contributed by atoms with E-state index in [0.29, 0.717) is 18.4 Å². The van der Waals surface area contributed by atoms with Gasteiger partial charge >= 0.3 is 6.18 Å². The lowest BCUT2D eigenvalue weighted by atomic mass is 10.2. The maximum atomic E-state index is 12.0. The number of rotatable bonds is 5. The zero-order chi connectivity index (χ0) is 15.2. The van der Waals surface area contributed by atoms with Crippen LogP contribution < -0.4 is 10.6 Å². The third-order valence-electron chi connectivity index (χ3n) is 2.42. The zero-order valence-electron chi connectivity index (χ0n) is 11.7. The van der Waals surface area contributed by atoms with Gasteiger partial charge in [-0.25, -0.2) is 4.98 Å². The first-order valence-electron chi connectivity index (χ1n) is 6.27. The SMILES string of the molecule is CN=C(NCCC(F)(F)F)NCc1csc(C(C)C)n1. The van der Waals surface area contributed by atoms with Crippen molar-refractivity contribution in [2.45, 2.75) is 38.9 Å². The molecule has 0 unspecified atom stereocenters. The van der Waals surface area contributed by atoms with E-state index in [-0.39, 0.29) is 6.54 Å². The average molecular weight is 308 g/mol. The van der Waals surface area contributed by atoms with E-state index in [1.165, 1.54) is 7.05 Å². The van der Waals surface area contributed by atoms with Crippen molar-refractivity contribution in [1.82, 2.24) is 15.6 Å². The van der Waals surface area contributed by atoms with Crippen LogP contribution >= 0.6 is 11.3 Å². The highest BCUT2D eigenvalue weighted by Crippen LogP contribution is 2.19. The molecule has 2 N–H and O–H groups in total. The van der Waals surface area contributed by atoms with Gasteiger partial charge in [-0.05, 0) is 0 Å². The molecule has 0 saturated heterocycles. The Balaban J connectivity index is 2.37. The fourth-order valence-electron chi connectivity index (χ4n) is 1.39. The molecular weight excluding hydrogens is 289 g/mol. The first-order valence-corrected chi connectivity index (χ1v) is 7.15. The van der Waals surface area contributed by atoms with Crippen molar-refractivity contribution in [1.29, 1.82) is 0 Å². The number of halogens is 3. The summed E-state index contributed by atoms with van der Waals surface area (Å²) in [6.07, 6.45) is -5.05. The molecule has 0 saturated carbocycles. The highest BCUT2D eigenvalue weighted by atomic mass is 32.1. The van der Waals surface area contributed by atoms with Gasteiger partial charge in [0, 0.05) is 24.9 Å². The van der Waals surface area contributed by atoms with Crippen molar-refractivity contribution in [3.05, 3.63) is 16.1 Å². The molecule has 0 aliphatic carbocycles. The molecule has 0 fully saturated rings. The second-order valence-electron chi connectivity index (χ2n) is 4.55. The van der Waals surface area contributed by atoms with E-state index in [2.05, 4.69) is 34.5 Å². The average Bonchev–Trinajstić information content (AvgIpc) is 2.81. The van der Waals surface area contributed by atoms with Gasteiger partial charge in [0.25, 0.3) is 0 Å². The number of hydrogen-bond donors (Lipinski definition) is 2. The Hall–Kier alpha value is -1.31. The van der Waals surface area contributed by atoms with Gasteiger partial charge in [-0.3, -0.25) is 4.99 Å². The Morgan fingerprint density at radius 1 is 1.40 bits per heavy atom. The van der Waals surface area contributed by atoms with Crippen molar-refractivity contribution in [3.63, 3.8) is 0 Å². The Labute approximate surface area is 120 Å². The molecule has 1 rings (SSSR count). The Kier molecular flexibility index (Phi) is 6.25. The van der Waals surface area contributed by atoms with Gasteiger partial charge in [-0.1, -0.05) is 13.8 Å². The molecule has 0 bridgehead atoms. The number of aromatic nitrogens is 1. The van der Waals surface area contributed by atoms with Gasteiger partial charge in [0.05, 0.1) is 23.7 Å². The highest BCUT2D eigenvalue weighted by molar-refractivity contribution is 7.09. The molecule has 1 aromatic heterocycles. The third kappa shape index (κ3) is 6.23. The molecule has 0 aliphatic rings. The van der Waals surface area contributed by atoms with Crippen LogP contribution in [-0.2, 0) is 6.54 Å². The summed E-state index contributed by atoms with van der Waals surface area (Å²) in [6, 6.07) is 0. The summed E-state index contributed by atoms with van der Waals surface area (Å²) in [5.74, 6) is 0.714. The first-order chi connectivity index (χ1) is 9.31. The summed E-state index contributed by atoms with van der Waals surface area (Å²) in [5.41, 5.74) is 0.859. The minimum atomic E-state index is -4.16. The molecular formula is C12H19F3N4S. The van der Waals surface area contributed by atoms with E-state index >= 15 is 0 Å². The third-order valence-corrected chi connectivity index (χ3v) is 3.62. The Morgan fingerprint density at radius 2 is 2.10 bits per heavy atom. The lowest BCUT2D eigenvalue weighted by Gasteiger charge is -2.12. The predicted molar refractivity (Wildman–Crippen MR) is 75.1 cm³/mol. The summed E-state index contributed by atoms with van der Waals surface area (Å²) in [7, 11) is 1.52. The Bertz CT molecular complexity index is 440. The normalized spacial score (nSPS) is 12.8. The van der Waals surface area contributed by atoms with Crippen LogP contribution in [0, 0.1) is 0 Å². The molecule has 0 aromatic carbocycles. The Morgan fingerprint density at radius 3 is 2.60 bits per heavy atom. The maximum absolute atomic E-state index is 12.0. The lowest BCUT2D eigenvalue weighted by Crippen LogP contribution is -2.38. The van der Waals surface area contributed by atoms with Gasteiger partial charge in [0.2, 0.25) is 0 Å². The number of nitrogens with zero attached hydrogens (tertiary/aromatic N) is 2.